The predicted octanol–water partition coefficient (Wildman–Crippen LogP) is 1.65. The fourth-order valence-electron chi connectivity index (χ4n) is 2.70. The topological polar surface area (TPSA) is 49.4 Å². The van der Waals surface area contributed by atoms with E-state index in [9.17, 15) is 9.59 Å². The lowest BCUT2D eigenvalue weighted by Crippen LogP contribution is -2.47. The Labute approximate surface area is 111 Å². The molecular formula is C11H16Cl2N2O2. The van der Waals surface area contributed by atoms with Crippen LogP contribution in [0.15, 0.2) is 0 Å². The molecule has 0 aromatic carbocycles. The first-order valence-electron chi connectivity index (χ1n) is 5.97. The molecular weight excluding hydrogens is 263 g/mol. The van der Waals surface area contributed by atoms with E-state index in [1.807, 2.05) is 0 Å². The molecule has 1 atom stereocenters. The lowest BCUT2D eigenvalue weighted by molar-refractivity contribution is -0.132. The van der Waals surface area contributed by atoms with Crippen LogP contribution in [-0.2, 0) is 9.59 Å². The zero-order valence-electron chi connectivity index (χ0n) is 9.49. The van der Waals surface area contributed by atoms with Crippen LogP contribution in [0.1, 0.15) is 32.1 Å². The third-order valence-electron chi connectivity index (χ3n) is 3.52. The maximum absolute atomic E-state index is 11.8. The van der Waals surface area contributed by atoms with Gasteiger partial charge in [0.2, 0.25) is 5.91 Å². The van der Waals surface area contributed by atoms with Crippen molar-refractivity contribution in [3.8, 4) is 0 Å². The van der Waals surface area contributed by atoms with Gasteiger partial charge in [0.1, 0.15) is 12.7 Å². The van der Waals surface area contributed by atoms with Crippen LogP contribution in [-0.4, -0.2) is 34.3 Å². The second kappa shape index (κ2) is 5.44. The molecule has 1 N–H and O–H groups in total. The zero-order chi connectivity index (χ0) is 12.4. The summed E-state index contributed by atoms with van der Waals surface area (Å²) in [5.74, 6) is -0.156. The van der Waals surface area contributed by atoms with Gasteiger partial charge in [0.25, 0.3) is 5.91 Å². The zero-order valence-corrected chi connectivity index (χ0v) is 11.0. The van der Waals surface area contributed by atoms with Crippen LogP contribution in [0, 0.1) is 5.92 Å². The molecule has 4 nitrogen and oxygen atoms in total. The molecule has 0 radical (unpaired) electrons. The second-order valence-electron chi connectivity index (χ2n) is 4.68. The Bertz CT molecular complexity index is 317. The molecule has 17 heavy (non-hydrogen) atoms. The number of carbonyl (C=O) groups excluding carboxylic acids is 2. The van der Waals surface area contributed by atoms with Crippen molar-refractivity contribution < 1.29 is 9.59 Å². The van der Waals surface area contributed by atoms with Crippen LogP contribution in [0.3, 0.4) is 0 Å². The highest BCUT2D eigenvalue weighted by molar-refractivity contribution is 6.53. The first kappa shape index (κ1) is 13.0. The second-order valence-corrected chi connectivity index (χ2v) is 5.77. The van der Waals surface area contributed by atoms with E-state index in [-0.39, 0.29) is 24.5 Å². The Hall–Kier alpha value is -0.480. The van der Waals surface area contributed by atoms with Crippen molar-refractivity contribution in [2.24, 2.45) is 5.92 Å². The number of nitrogens with one attached hydrogen (secondary N) is 1. The van der Waals surface area contributed by atoms with Crippen molar-refractivity contribution in [1.29, 1.82) is 0 Å². The molecule has 2 rings (SSSR count). The van der Waals surface area contributed by atoms with Crippen molar-refractivity contribution in [3.63, 3.8) is 0 Å². The summed E-state index contributed by atoms with van der Waals surface area (Å²) in [6.07, 6.45) is 5.43. The highest BCUT2D eigenvalue weighted by Crippen LogP contribution is 2.30. The van der Waals surface area contributed by atoms with Crippen molar-refractivity contribution in [1.82, 2.24) is 10.2 Å². The highest BCUT2D eigenvalue weighted by atomic mass is 35.5. The largest absolute Gasteiger partial charge is 0.334 e. The Kier molecular flexibility index (Phi) is 4.15. The summed E-state index contributed by atoms with van der Waals surface area (Å²) >= 11 is 11.2. The molecule has 2 aliphatic rings. The van der Waals surface area contributed by atoms with Gasteiger partial charge in [-0.15, -0.1) is 0 Å². The van der Waals surface area contributed by atoms with E-state index >= 15 is 0 Å². The van der Waals surface area contributed by atoms with Crippen molar-refractivity contribution in [2.75, 3.05) is 6.54 Å². The first-order valence-corrected chi connectivity index (χ1v) is 6.85. The van der Waals surface area contributed by atoms with Gasteiger partial charge in [-0.2, -0.15) is 0 Å². The minimum atomic E-state index is -1.09. The van der Waals surface area contributed by atoms with E-state index in [4.69, 9.17) is 23.2 Å². The lowest BCUT2D eigenvalue weighted by atomic mass is 9.87. The Balaban J connectivity index is 2.07. The molecule has 0 aromatic heterocycles. The molecule has 96 valence electrons. The number of nitrogens with zero attached hydrogens (tertiary/aromatic N) is 1. The summed E-state index contributed by atoms with van der Waals surface area (Å²) in [5, 5.41) is 2.86. The van der Waals surface area contributed by atoms with Gasteiger partial charge in [0.05, 0.1) is 0 Å². The Morgan fingerprint density at radius 3 is 2.53 bits per heavy atom. The van der Waals surface area contributed by atoms with E-state index < -0.39 is 4.84 Å². The maximum Gasteiger partial charge on any atom is 0.257 e. The Morgan fingerprint density at radius 2 is 1.94 bits per heavy atom. The summed E-state index contributed by atoms with van der Waals surface area (Å²) in [5.41, 5.74) is 0. The molecule has 1 heterocycles. The first-order chi connectivity index (χ1) is 8.09. The molecule has 2 amide bonds. The smallest absolute Gasteiger partial charge is 0.257 e. The summed E-state index contributed by atoms with van der Waals surface area (Å²) in [6, 6.07) is 0. The molecule has 2 fully saturated rings. The molecule has 1 unspecified atom stereocenters. The SMILES string of the molecule is O=C1CN(C(=O)C(Cl)Cl)C(C2CCCCC2)N1. The number of rotatable bonds is 2. The van der Waals surface area contributed by atoms with Crippen LogP contribution >= 0.6 is 23.2 Å². The van der Waals surface area contributed by atoms with Crippen LogP contribution in [0.4, 0.5) is 0 Å². The summed E-state index contributed by atoms with van der Waals surface area (Å²) in [4.78, 5) is 23.7. The normalized spacial score (nSPS) is 26.4. The van der Waals surface area contributed by atoms with Gasteiger partial charge in [-0.05, 0) is 18.8 Å². The van der Waals surface area contributed by atoms with Crippen molar-refractivity contribution in [3.05, 3.63) is 0 Å². The summed E-state index contributed by atoms with van der Waals surface area (Å²) in [7, 11) is 0. The van der Waals surface area contributed by atoms with E-state index in [2.05, 4.69) is 5.32 Å². The number of carbonyl (C=O) groups is 2. The maximum atomic E-state index is 11.8. The number of hydrogen-bond acceptors (Lipinski definition) is 2. The molecule has 1 saturated carbocycles. The average Bonchev–Trinajstić information content (AvgIpc) is 2.71. The van der Waals surface area contributed by atoms with Crippen molar-refractivity contribution in [2.45, 2.75) is 43.1 Å². The lowest BCUT2D eigenvalue weighted by Gasteiger charge is -2.33. The van der Waals surface area contributed by atoms with E-state index in [0.29, 0.717) is 5.92 Å². The minimum Gasteiger partial charge on any atom is -0.334 e. The van der Waals surface area contributed by atoms with Crippen LogP contribution in [0.2, 0.25) is 0 Å². The van der Waals surface area contributed by atoms with Gasteiger partial charge in [0.15, 0.2) is 4.84 Å². The number of amides is 2. The summed E-state index contributed by atoms with van der Waals surface area (Å²) in [6.45, 7) is 0.0793. The fourth-order valence-corrected chi connectivity index (χ4v) is 2.95. The van der Waals surface area contributed by atoms with Gasteiger partial charge in [-0.3, -0.25) is 9.59 Å². The average molecular weight is 279 g/mol. The number of alkyl halides is 2. The van der Waals surface area contributed by atoms with Gasteiger partial charge in [0, 0.05) is 0 Å². The van der Waals surface area contributed by atoms with Crippen LogP contribution < -0.4 is 5.32 Å². The van der Waals surface area contributed by atoms with E-state index in [1.165, 1.54) is 11.3 Å². The minimum absolute atomic E-state index is 0.0793. The standard InChI is InChI=1S/C11H16Cl2N2O2/c12-9(13)11(17)15-6-8(16)14-10(15)7-4-2-1-3-5-7/h7,9-10H,1-6H2,(H,14,16). The quantitative estimate of drug-likeness (QED) is 0.781. The monoisotopic (exact) mass is 278 g/mol. The third-order valence-corrected chi connectivity index (χ3v) is 3.90. The molecule has 1 aliphatic heterocycles. The van der Waals surface area contributed by atoms with Gasteiger partial charge >= 0.3 is 0 Å². The fraction of sp³-hybridized carbons (Fsp3) is 0.818. The van der Waals surface area contributed by atoms with Gasteiger partial charge < -0.3 is 10.2 Å². The number of halogens is 2. The van der Waals surface area contributed by atoms with Crippen molar-refractivity contribution >= 4 is 35.0 Å². The van der Waals surface area contributed by atoms with Gasteiger partial charge in [-0.1, -0.05) is 42.5 Å². The molecule has 0 bridgehead atoms. The summed E-state index contributed by atoms with van der Waals surface area (Å²) < 4.78 is 0. The van der Waals surface area contributed by atoms with Gasteiger partial charge in [-0.25, -0.2) is 0 Å². The molecule has 1 saturated heterocycles. The van der Waals surface area contributed by atoms with E-state index in [0.717, 1.165) is 25.7 Å². The number of hydrogen-bond donors (Lipinski definition) is 1. The van der Waals surface area contributed by atoms with Crippen LogP contribution in [0.5, 0.6) is 0 Å². The highest BCUT2D eigenvalue weighted by Gasteiger charge is 2.40. The van der Waals surface area contributed by atoms with E-state index in [1.54, 1.807) is 0 Å². The molecule has 0 aromatic rings. The molecule has 0 spiro atoms. The Morgan fingerprint density at radius 1 is 1.29 bits per heavy atom. The predicted molar refractivity (Wildman–Crippen MR) is 65.7 cm³/mol. The molecule has 1 aliphatic carbocycles. The third kappa shape index (κ3) is 2.86. The molecule has 6 heteroatoms. The van der Waals surface area contributed by atoms with Crippen LogP contribution in [0.25, 0.3) is 0 Å².